The van der Waals surface area contributed by atoms with Crippen LogP contribution in [-0.2, 0) is 6.42 Å². The van der Waals surface area contributed by atoms with Gasteiger partial charge in [0.2, 0.25) is 0 Å². The number of aromatic amines is 1. The summed E-state index contributed by atoms with van der Waals surface area (Å²) in [6.45, 7) is 3.37. The van der Waals surface area contributed by atoms with E-state index in [-0.39, 0.29) is 37.1 Å². The molecule has 160 valence electrons. The molecule has 0 spiro atoms. The summed E-state index contributed by atoms with van der Waals surface area (Å²) in [6.07, 6.45) is 1.97. The van der Waals surface area contributed by atoms with E-state index in [2.05, 4.69) is 20.5 Å². The number of rotatable bonds is 5. The number of nitrogens with zero attached hydrogens (tertiary/aromatic N) is 3. The lowest BCUT2D eigenvalue weighted by Gasteiger charge is -2.41. The molecule has 3 aromatic rings. The van der Waals surface area contributed by atoms with Gasteiger partial charge in [-0.1, -0.05) is 6.07 Å². The van der Waals surface area contributed by atoms with Gasteiger partial charge in [-0.05, 0) is 42.7 Å². The van der Waals surface area contributed by atoms with Gasteiger partial charge < -0.3 is 10.1 Å². The van der Waals surface area contributed by atoms with E-state index in [0.29, 0.717) is 12.2 Å². The first kappa shape index (κ1) is 21.0. The number of ether oxygens (including phenoxy) is 1. The van der Waals surface area contributed by atoms with Gasteiger partial charge in [0.25, 0.3) is 6.43 Å². The molecule has 0 bridgehead atoms. The number of nitrogens with one attached hydrogen (secondary N) is 2. The van der Waals surface area contributed by atoms with E-state index in [4.69, 9.17) is 4.74 Å². The molecule has 2 atom stereocenters. The molecule has 6 nitrogen and oxygen atoms in total. The molecule has 1 aromatic carbocycles. The van der Waals surface area contributed by atoms with Gasteiger partial charge in [0.1, 0.15) is 11.9 Å². The average Bonchev–Trinajstić information content (AvgIpc) is 3.15. The Bertz CT molecular complexity index is 1010. The zero-order valence-corrected chi connectivity index (χ0v) is 17.3. The van der Waals surface area contributed by atoms with Crippen LogP contribution >= 0.6 is 12.4 Å². The molecule has 0 amide bonds. The van der Waals surface area contributed by atoms with E-state index < -0.39 is 6.43 Å². The maximum atomic E-state index is 13.4. The summed E-state index contributed by atoms with van der Waals surface area (Å²) in [5.41, 5.74) is 3.88. The number of halogens is 3. The quantitative estimate of drug-likeness (QED) is 0.643. The topological polar surface area (TPSA) is 66.1 Å². The van der Waals surface area contributed by atoms with Gasteiger partial charge in [-0.3, -0.25) is 15.0 Å². The number of H-pyrrole nitrogens is 1. The second kappa shape index (κ2) is 8.45. The Morgan fingerprint density at radius 2 is 2.03 bits per heavy atom. The van der Waals surface area contributed by atoms with Crippen LogP contribution in [0, 0.1) is 0 Å². The number of pyridine rings is 1. The summed E-state index contributed by atoms with van der Waals surface area (Å²) in [6, 6.07) is 7.38. The molecule has 2 aliphatic heterocycles. The SMILES string of the molecule is C[C@@H]1Cc2c(ccc3[nH]ncc23)[C@@H](c2ccc(OC3CNC3)cn2)N1CC(F)F.Cl. The highest BCUT2D eigenvalue weighted by Crippen LogP contribution is 2.40. The molecule has 1 fully saturated rings. The smallest absolute Gasteiger partial charge is 0.251 e. The Balaban J connectivity index is 0.00000218. The largest absolute Gasteiger partial charge is 0.486 e. The standard InChI is InChI=1S/C21H23F2N5O.ClH/c1-12-6-16-15(3-5-18-17(16)10-26-27-18)21(28(12)11-20(22)23)19-4-2-13(9-25-19)29-14-7-24-8-14;/h2-5,9-10,12,14,20-21,24H,6-8,11H2,1H3,(H,26,27);1H/t12-,21+;/m1./s1. The van der Waals surface area contributed by atoms with Crippen LogP contribution in [-0.4, -0.2) is 58.3 Å². The van der Waals surface area contributed by atoms with E-state index in [1.807, 2.05) is 42.3 Å². The van der Waals surface area contributed by atoms with E-state index in [1.54, 1.807) is 6.20 Å². The second-order valence-corrected chi connectivity index (χ2v) is 7.83. The normalized spacial score (nSPS) is 21.9. The Hall–Kier alpha value is -2.29. The minimum Gasteiger partial charge on any atom is -0.486 e. The molecule has 0 saturated carbocycles. The number of aromatic nitrogens is 3. The van der Waals surface area contributed by atoms with Crippen molar-refractivity contribution in [3.63, 3.8) is 0 Å². The van der Waals surface area contributed by atoms with Crippen LogP contribution in [0.4, 0.5) is 8.78 Å². The molecule has 30 heavy (non-hydrogen) atoms. The molecule has 0 unspecified atom stereocenters. The fourth-order valence-electron chi connectivity index (χ4n) is 4.36. The third kappa shape index (κ3) is 3.75. The van der Waals surface area contributed by atoms with Crippen molar-refractivity contribution in [2.75, 3.05) is 19.6 Å². The minimum atomic E-state index is -2.41. The number of hydrogen-bond acceptors (Lipinski definition) is 5. The van der Waals surface area contributed by atoms with Gasteiger partial charge in [0.05, 0.1) is 36.2 Å². The van der Waals surface area contributed by atoms with Crippen LogP contribution < -0.4 is 10.1 Å². The number of fused-ring (bicyclic) bond motifs is 3. The van der Waals surface area contributed by atoms with Crippen LogP contribution in [0.15, 0.2) is 36.7 Å². The molecule has 5 rings (SSSR count). The van der Waals surface area contributed by atoms with Gasteiger partial charge in [0.15, 0.2) is 0 Å². The summed E-state index contributed by atoms with van der Waals surface area (Å²) in [5.74, 6) is 0.704. The lowest BCUT2D eigenvalue weighted by Crippen LogP contribution is -2.50. The maximum Gasteiger partial charge on any atom is 0.251 e. The van der Waals surface area contributed by atoms with Gasteiger partial charge in [-0.15, -0.1) is 12.4 Å². The van der Waals surface area contributed by atoms with Crippen molar-refractivity contribution in [3.8, 4) is 5.75 Å². The van der Waals surface area contributed by atoms with Crippen LogP contribution in [0.5, 0.6) is 5.75 Å². The maximum absolute atomic E-state index is 13.4. The molecule has 0 aliphatic carbocycles. The van der Waals surface area contributed by atoms with E-state index in [1.165, 1.54) is 0 Å². The fourth-order valence-corrected chi connectivity index (χ4v) is 4.36. The molecule has 2 aromatic heterocycles. The minimum absolute atomic E-state index is 0. The van der Waals surface area contributed by atoms with Crippen molar-refractivity contribution in [3.05, 3.63) is 53.5 Å². The Morgan fingerprint density at radius 3 is 2.70 bits per heavy atom. The Morgan fingerprint density at radius 1 is 1.20 bits per heavy atom. The van der Waals surface area contributed by atoms with Crippen molar-refractivity contribution < 1.29 is 13.5 Å². The molecule has 2 N–H and O–H groups in total. The fraction of sp³-hybridized carbons (Fsp3) is 0.429. The lowest BCUT2D eigenvalue weighted by molar-refractivity contribution is 0.0455. The summed E-state index contributed by atoms with van der Waals surface area (Å²) in [4.78, 5) is 6.48. The number of benzene rings is 1. The Kier molecular flexibility index (Phi) is 5.90. The molecule has 9 heteroatoms. The molecule has 1 saturated heterocycles. The lowest BCUT2D eigenvalue weighted by atomic mass is 9.85. The summed E-state index contributed by atoms with van der Waals surface area (Å²) in [7, 11) is 0. The average molecular weight is 436 g/mol. The van der Waals surface area contributed by atoms with Crippen molar-refractivity contribution >= 4 is 23.3 Å². The highest BCUT2D eigenvalue weighted by atomic mass is 35.5. The van der Waals surface area contributed by atoms with Gasteiger partial charge >= 0.3 is 0 Å². The third-order valence-electron chi connectivity index (χ3n) is 5.90. The molecule has 2 aliphatic rings. The molecular formula is C21H24ClF2N5O. The number of alkyl halides is 2. The van der Waals surface area contributed by atoms with Crippen LogP contribution in [0.2, 0.25) is 0 Å². The summed E-state index contributed by atoms with van der Waals surface area (Å²) in [5, 5.41) is 11.4. The summed E-state index contributed by atoms with van der Waals surface area (Å²) < 4.78 is 32.7. The Labute approximate surface area is 179 Å². The van der Waals surface area contributed by atoms with Crippen LogP contribution in [0.25, 0.3) is 10.9 Å². The van der Waals surface area contributed by atoms with Crippen molar-refractivity contribution in [1.29, 1.82) is 0 Å². The zero-order valence-electron chi connectivity index (χ0n) is 16.5. The molecule has 0 radical (unpaired) electrons. The number of hydrogen-bond donors (Lipinski definition) is 2. The van der Waals surface area contributed by atoms with Crippen molar-refractivity contribution in [2.24, 2.45) is 0 Å². The van der Waals surface area contributed by atoms with E-state index >= 15 is 0 Å². The van der Waals surface area contributed by atoms with Gasteiger partial charge in [-0.25, -0.2) is 8.78 Å². The van der Waals surface area contributed by atoms with Crippen molar-refractivity contribution in [2.45, 2.75) is 38.0 Å². The van der Waals surface area contributed by atoms with E-state index in [0.717, 1.165) is 40.8 Å². The molecular weight excluding hydrogens is 412 g/mol. The predicted molar refractivity (Wildman–Crippen MR) is 113 cm³/mol. The highest BCUT2D eigenvalue weighted by Gasteiger charge is 2.36. The van der Waals surface area contributed by atoms with Gasteiger partial charge in [0, 0.05) is 24.5 Å². The third-order valence-corrected chi connectivity index (χ3v) is 5.90. The zero-order chi connectivity index (χ0) is 20.0. The van der Waals surface area contributed by atoms with Crippen LogP contribution in [0.3, 0.4) is 0 Å². The first-order valence-electron chi connectivity index (χ1n) is 9.92. The predicted octanol–water partition coefficient (Wildman–Crippen LogP) is 3.33. The van der Waals surface area contributed by atoms with E-state index in [9.17, 15) is 8.78 Å². The first-order valence-corrected chi connectivity index (χ1v) is 9.92. The second-order valence-electron chi connectivity index (χ2n) is 7.83. The first-order chi connectivity index (χ1) is 14.1. The van der Waals surface area contributed by atoms with Gasteiger partial charge in [-0.2, -0.15) is 5.10 Å². The summed E-state index contributed by atoms with van der Waals surface area (Å²) >= 11 is 0. The highest BCUT2D eigenvalue weighted by molar-refractivity contribution is 5.85. The molecule has 4 heterocycles. The van der Waals surface area contributed by atoms with Crippen molar-refractivity contribution in [1.82, 2.24) is 25.4 Å². The monoisotopic (exact) mass is 435 g/mol. The van der Waals surface area contributed by atoms with Crippen LogP contribution in [0.1, 0.15) is 29.8 Å².